The van der Waals surface area contributed by atoms with E-state index >= 15 is 0 Å². The monoisotopic (exact) mass is 353 g/mol. The molecule has 3 heteroatoms. The SMILES string of the molecule is CCCNC1CC(Oc2ccc(C)cc2Br)C1(CC)CC. The Bertz CT molecular complexity index is 470. The summed E-state index contributed by atoms with van der Waals surface area (Å²) in [4.78, 5) is 0. The van der Waals surface area contributed by atoms with Crippen molar-refractivity contribution < 1.29 is 4.74 Å². The summed E-state index contributed by atoms with van der Waals surface area (Å²) in [6, 6.07) is 6.93. The van der Waals surface area contributed by atoms with Crippen LogP contribution in [0, 0.1) is 12.3 Å². The first-order valence-corrected chi connectivity index (χ1v) is 9.02. The normalized spacial score (nSPS) is 23.7. The molecule has 0 aromatic heterocycles. The Balaban J connectivity index is 2.09. The highest BCUT2D eigenvalue weighted by atomic mass is 79.9. The van der Waals surface area contributed by atoms with Crippen molar-refractivity contribution in [1.29, 1.82) is 0 Å². The Morgan fingerprint density at radius 3 is 2.57 bits per heavy atom. The third-order valence-electron chi connectivity index (χ3n) is 5.10. The largest absolute Gasteiger partial charge is 0.489 e. The highest BCUT2D eigenvalue weighted by Gasteiger charge is 2.54. The predicted octanol–water partition coefficient (Wildman–Crippen LogP) is 5.08. The lowest BCUT2D eigenvalue weighted by atomic mass is 9.58. The van der Waals surface area contributed by atoms with Crippen molar-refractivity contribution in [1.82, 2.24) is 5.32 Å². The Labute approximate surface area is 137 Å². The molecule has 2 atom stereocenters. The van der Waals surface area contributed by atoms with Crippen molar-refractivity contribution in [2.45, 2.75) is 65.5 Å². The first-order chi connectivity index (χ1) is 10.1. The van der Waals surface area contributed by atoms with Crippen LogP contribution in [-0.2, 0) is 0 Å². The molecule has 2 nitrogen and oxygen atoms in total. The quantitative estimate of drug-likeness (QED) is 0.737. The summed E-state index contributed by atoms with van der Waals surface area (Å²) in [6.45, 7) is 10.0. The van der Waals surface area contributed by atoms with E-state index in [2.05, 4.69) is 67.1 Å². The van der Waals surface area contributed by atoms with Crippen LogP contribution in [0.15, 0.2) is 22.7 Å². The molecule has 1 N–H and O–H groups in total. The fraction of sp³-hybridized carbons (Fsp3) is 0.667. The zero-order chi connectivity index (χ0) is 15.5. The number of rotatable bonds is 7. The predicted molar refractivity (Wildman–Crippen MR) is 93.0 cm³/mol. The van der Waals surface area contributed by atoms with Gasteiger partial charge < -0.3 is 10.1 Å². The summed E-state index contributed by atoms with van der Waals surface area (Å²) in [5.41, 5.74) is 1.53. The van der Waals surface area contributed by atoms with Gasteiger partial charge in [0.05, 0.1) is 4.47 Å². The number of ether oxygens (including phenoxy) is 1. The fourth-order valence-electron chi connectivity index (χ4n) is 3.57. The molecular weight excluding hydrogens is 326 g/mol. The van der Waals surface area contributed by atoms with Crippen LogP contribution in [0.1, 0.15) is 52.0 Å². The summed E-state index contributed by atoms with van der Waals surface area (Å²) >= 11 is 3.63. The minimum atomic E-state index is 0.277. The molecule has 1 aromatic carbocycles. The van der Waals surface area contributed by atoms with Crippen molar-refractivity contribution in [2.24, 2.45) is 5.41 Å². The molecule has 1 fully saturated rings. The highest BCUT2D eigenvalue weighted by molar-refractivity contribution is 9.10. The third-order valence-corrected chi connectivity index (χ3v) is 5.72. The number of hydrogen-bond donors (Lipinski definition) is 1. The summed E-state index contributed by atoms with van der Waals surface area (Å²) in [6.07, 6.45) is 4.95. The first-order valence-electron chi connectivity index (χ1n) is 8.23. The lowest BCUT2D eigenvalue weighted by molar-refractivity contribution is -0.0861. The van der Waals surface area contributed by atoms with Gasteiger partial charge in [-0.25, -0.2) is 0 Å². The zero-order valence-electron chi connectivity index (χ0n) is 13.7. The third kappa shape index (κ3) is 3.29. The van der Waals surface area contributed by atoms with Crippen LogP contribution in [0.4, 0.5) is 0 Å². The molecule has 0 saturated heterocycles. The number of halogens is 1. The average Bonchev–Trinajstić information content (AvgIpc) is 2.45. The van der Waals surface area contributed by atoms with Crippen molar-refractivity contribution in [3.05, 3.63) is 28.2 Å². The molecule has 0 aliphatic heterocycles. The van der Waals surface area contributed by atoms with Crippen molar-refractivity contribution in [2.75, 3.05) is 6.54 Å². The lowest BCUT2D eigenvalue weighted by Gasteiger charge is -2.55. The van der Waals surface area contributed by atoms with Gasteiger partial charge in [-0.05, 0) is 66.4 Å². The molecule has 0 radical (unpaired) electrons. The second-order valence-electron chi connectivity index (χ2n) is 6.22. The van der Waals surface area contributed by atoms with E-state index in [1.165, 1.54) is 24.8 Å². The van der Waals surface area contributed by atoms with E-state index in [4.69, 9.17) is 4.74 Å². The summed E-state index contributed by atoms with van der Waals surface area (Å²) < 4.78 is 7.42. The fourth-order valence-corrected chi connectivity index (χ4v) is 4.16. The molecule has 2 rings (SSSR count). The molecule has 1 aliphatic carbocycles. The molecule has 0 amide bonds. The first kappa shape index (κ1) is 16.8. The van der Waals surface area contributed by atoms with E-state index in [0.717, 1.165) is 23.2 Å². The Morgan fingerprint density at radius 2 is 2.00 bits per heavy atom. The van der Waals surface area contributed by atoms with Crippen LogP contribution in [0.5, 0.6) is 5.75 Å². The second kappa shape index (κ2) is 7.15. The molecule has 2 unspecified atom stereocenters. The van der Waals surface area contributed by atoms with Gasteiger partial charge in [0.2, 0.25) is 0 Å². The van der Waals surface area contributed by atoms with Gasteiger partial charge in [0, 0.05) is 17.9 Å². The van der Waals surface area contributed by atoms with Crippen LogP contribution < -0.4 is 10.1 Å². The van der Waals surface area contributed by atoms with Gasteiger partial charge >= 0.3 is 0 Å². The second-order valence-corrected chi connectivity index (χ2v) is 7.08. The summed E-state index contributed by atoms with van der Waals surface area (Å²) in [5, 5.41) is 3.71. The molecule has 0 bridgehead atoms. The van der Waals surface area contributed by atoms with E-state index in [1.807, 2.05) is 0 Å². The van der Waals surface area contributed by atoms with Gasteiger partial charge in [-0.1, -0.05) is 26.8 Å². The number of hydrogen-bond acceptors (Lipinski definition) is 2. The van der Waals surface area contributed by atoms with E-state index < -0.39 is 0 Å². The molecular formula is C18H28BrNO. The van der Waals surface area contributed by atoms with Crippen LogP contribution in [0.25, 0.3) is 0 Å². The van der Waals surface area contributed by atoms with E-state index in [1.54, 1.807) is 0 Å². The maximum atomic E-state index is 6.36. The van der Waals surface area contributed by atoms with Gasteiger partial charge in [-0.15, -0.1) is 0 Å². The molecule has 1 aliphatic rings. The minimum Gasteiger partial charge on any atom is -0.489 e. The minimum absolute atomic E-state index is 0.277. The molecule has 1 aromatic rings. The van der Waals surface area contributed by atoms with E-state index in [-0.39, 0.29) is 5.41 Å². The van der Waals surface area contributed by atoms with Crippen molar-refractivity contribution >= 4 is 15.9 Å². The Hall–Kier alpha value is -0.540. The Kier molecular flexibility index (Phi) is 5.73. The smallest absolute Gasteiger partial charge is 0.133 e. The van der Waals surface area contributed by atoms with E-state index in [9.17, 15) is 0 Å². The number of nitrogens with one attached hydrogen (secondary N) is 1. The molecule has 1 saturated carbocycles. The summed E-state index contributed by atoms with van der Waals surface area (Å²) in [5.74, 6) is 0.978. The number of aryl methyl sites for hydroxylation is 1. The van der Waals surface area contributed by atoms with Gasteiger partial charge in [0.15, 0.2) is 0 Å². The topological polar surface area (TPSA) is 21.3 Å². The van der Waals surface area contributed by atoms with Crippen LogP contribution in [-0.4, -0.2) is 18.7 Å². The maximum Gasteiger partial charge on any atom is 0.133 e. The highest BCUT2D eigenvalue weighted by Crippen LogP contribution is 2.49. The van der Waals surface area contributed by atoms with E-state index in [0.29, 0.717) is 12.1 Å². The van der Waals surface area contributed by atoms with Gasteiger partial charge in [0.1, 0.15) is 11.9 Å². The van der Waals surface area contributed by atoms with Crippen molar-refractivity contribution in [3.63, 3.8) is 0 Å². The van der Waals surface area contributed by atoms with Gasteiger partial charge in [-0.3, -0.25) is 0 Å². The standard InChI is InChI=1S/C18H28BrNO/c1-5-10-20-16-12-17(18(16,6-2)7-3)21-15-9-8-13(4)11-14(15)19/h8-9,11,16-17,20H,5-7,10,12H2,1-4H3. The van der Waals surface area contributed by atoms with Crippen LogP contribution in [0.2, 0.25) is 0 Å². The maximum absolute atomic E-state index is 6.36. The average molecular weight is 354 g/mol. The van der Waals surface area contributed by atoms with Gasteiger partial charge in [0.25, 0.3) is 0 Å². The number of benzene rings is 1. The zero-order valence-corrected chi connectivity index (χ0v) is 15.3. The molecule has 0 heterocycles. The molecule has 21 heavy (non-hydrogen) atoms. The summed E-state index contributed by atoms with van der Waals surface area (Å²) in [7, 11) is 0. The van der Waals surface area contributed by atoms with Gasteiger partial charge in [-0.2, -0.15) is 0 Å². The van der Waals surface area contributed by atoms with Crippen LogP contribution >= 0.6 is 15.9 Å². The Morgan fingerprint density at radius 1 is 1.29 bits per heavy atom. The van der Waals surface area contributed by atoms with Crippen molar-refractivity contribution in [3.8, 4) is 5.75 Å². The molecule has 0 spiro atoms. The molecule has 118 valence electrons. The lowest BCUT2D eigenvalue weighted by Crippen LogP contribution is -2.64. The van der Waals surface area contributed by atoms with Crippen LogP contribution in [0.3, 0.4) is 0 Å².